The first-order valence-corrected chi connectivity index (χ1v) is 10.6. The summed E-state index contributed by atoms with van der Waals surface area (Å²) in [6.07, 6.45) is 8.44. The van der Waals surface area contributed by atoms with Gasteiger partial charge in [-0.2, -0.15) is 9.19 Å². The van der Waals surface area contributed by atoms with Crippen LogP contribution in [0.5, 0.6) is 0 Å². The Morgan fingerprint density at radius 3 is 2.63 bits per heavy atom. The number of halogens is 1. The van der Waals surface area contributed by atoms with E-state index in [4.69, 9.17) is 0 Å². The second-order valence-electron chi connectivity index (χ2n) is 7.57. The minimum absolute atomic E-state index is 0. The van der Waals surface area contributed by atoms with Crippen LogP contribution in [0.4, 0.5) is 0 Å². The first kappa shape index (κ1) is 20.1. The Hall–Kier alpha value is -1.63. The van der Waals surface area contributed by atoms with E-state index in [-0.39, 0.29) is 12.4 Å². The van der Waals surface area contributed by atoms with Gasteiger partial charge < -0.3 is 5.32 Å². The maximum Gasteiger partial charge on any atom is 0.264 e. The van der Waals surface area contributed by atoms with Crippen molar-refractivity contribution in [2.24, 2.45) is 5.92 Å². The topological polar surface area (TPSA) is 64.0 Å². The lowest BCUT2D eigenvalue weighted by Crippen LogP contribution is -2.43. The molecule has 2 aliphatic rings. The SMILES string of the molecule is CC1=CC=C(C2CCNCC2)CC1(C)S(=O)(=O)n1ncc2ccccc21.Cl. The van der Waals surface area contributed by atoms with E-state index in [9.17, 15) is 8.42 Å². The molecule has 7 heteroatoms. The standard InChI is InChI=1S/C20H25N3O2S.ClH/c1-15-7-8-17(16-9-11-21-12-10-16)13-20(15,2)26(24,25)23-19-6-4-3-5-18(19)14-22-23;/h3-8,14,16,21H,9-13H2,1-2H3;1H. The summed E-state index contributed by atoms with van der Waals surface area (Å²) < 4.78 is 27.5. The lowest BCUT2D eigenvalue weighted by Gasteiger charge is -2.37. The molecule has 0 bridgehead atoms. The van der Waals surface area contributed by atoms with Crippen LogP contribution >= 0.6 is 12.4 Å². The van der Waals surface area contributed by atoms with Crippen molar-refractivity contribution >= 4 is 33.3 Å². The average molecular weight is 408 g/mol. The van der Waals surface area contributed by atoms with Crippen LogP contribution < -0.4 is 5.32 Å². The molecule has 0 amide bonds. The number of benzene rings is 1. The van der Waals surface area contributed by atoms with Crippen LogP contribution in [-0.4, -0.2) is 35.4 Å². The molecule has 1 aliphatic carbocycles. The fraction of sp³-hybridized carbons (Fsp3) is 0.450. The third-order valence-electron chi connectivity index (χ3n) is 6.03. The van der Waals surface area contributed by atoms with E-state index >= 15 is 0 Å². The van der Waals surface area contributed by atoms with Gasteiger partial charge in [0.1, 0.15) is 4.75 Å². The maximum atomic E-state index is 13.6. The minimum Gasteiger partial charge on any atom is -0.317 e. The number of aromatic nitrogens is 2. The molecule has 1 N–H and O–H groups in total. The smallest absolute Gasteiger partial charge is 0.264 e. The average Bonchev–Trinajstić information content (AvgIpc) is 3.09. The highest BCUT2D eigenvalue weighted by Gasteiger charge is 2.45. The minimum atomic E-state index is -3.68. The van der Waals surface area contributed by atoms with E-state index in [1.165, 1.54) is 9.66 Å². The fourth-order valence-electron chi connectivity index (χ4n) is 4.09. The molecule has 2 aromatic rings. The number of piperidine rings is 1. The first-order chi connectivity index (χ1) is 12.4. The van der Waals surface area contributed by atoms with E-state index in [1.54, 1.807) is 6.20 Å². The number of nitrogens with zero attached hydrogens (tertiary/aromatic N) is 2. The van der Waals surface area contributed by atoms with Gasteiger partial charge in [0.2, 0.25) is 0 Å². The van der Waals surface area contributed by atoms with Crippen LogP contribution in [0.1, 0.15) is 33.1 Å². The van der Waals surface area contributed by atoms with Crippen LogP contribution in [0, 0.1) is 5.92 Å². The molecular formula is C20H26ClN3O2S. The van der Waals surface area contributed by atoms with E-state index in [0.717, 1.165) is 36.9 Å². The number of hydrogen-bond acceptors (Lipinski definition) is 4. The van der Waals surface area contributed by atoms with Gasteiger partial charge in [-0.3, -0.25) is 0 Å². The molecule has 0 saturated carbocycles. The number of nitrogens with one attached hydrogen (secondary N) is 1. The molecule has 27 heavy (non-hydrogen) atoms. The maximum absolute atomic E-state index is 13.6. The Morgan fingerprint density at radius 1 is 1.19 bits per heavy atom. The van der Waals surface area contributed by atoms with Gasteiger partial charge >= 0.3 is 0 Å². The van der Waals surface area contributed by atoms with Crippen molar-refractivity contribution in [3.05, 3.63) is 53.8 Å². The molecule has 0 radical (unpaired) electrons. The van der Waals surface area contributed by atoms with Crippen molar-refractivity contribution in [3.63, 3.8) is 0 Å². The third kappa shape index (κ3) is 3.24. The number of para-hydroxylation sites is 1. The predicted molar refractivity (Wildman–Crippen MR) is 112 cm³/mol. The zero-order valence-corrected chi connectivity index (χ0v) is 17.3. The largest absolute Gasteiger partial charge is 0.317 e. The van der Waals surface area contributed by atoms with Crippen molar-refractivity contribution < 1.29 is 8.42 Å². The first-order valence-electron chi connectivity index (χ1n) is 9.20. The Morgan fingerprint density at radius 2 is 1.89 bits per heavy atom. The zero-order chi connectivity index (χ0) is 18.4. The monoisotopic (exact) mass is 407 g/mol. The van der Waals surface area contributed by atoms with Gasteiger partial charge in [-0.1, -0.05) is 41.5 Å². The highest BCUT2D eigenvalue weighted by molar-refractivity contribution is 7.91. The molecule has 1 aliphatic heterocycles. The lowest BCUT2D eigenvalue weighted by molar-refractivity contribution is 0.401. The Labute approximate surface area is 167 Å². The van der Waals surface area contributed by atoms with Crippen LogP contribution in [0.2, 0.25) is 0 Å². The summed E-state index contributed by atoms with van der Waals surface area (Å²) in [5.41, 5.74) is 2.76. The third-order valence-corrected chi connectivity index (χ3v) is 8.38. The molecule has 5 nitrogen and oxygen atoms in total. The highest BCUT2D eigenvalue weighted by atomic mass is 35.5. The van der Waals surface area contributed by atoms with Crippen molar-refractivity contribution in [1.82, 2.24) is 14.5 Å². The normalized spacial score (nSPS) is 24.2. The van der Waals surface area contributed by atoms with Crippen LogP contribution in [0.25, 0.3) is 10.9 Å². The van der Waals surface area contributed by atoms with Crippen molar-refractivity contribution in [2.45, 2.75) is 37.9 Å². The van der Waals surface area contributed by atoms with Gasteiger partial charge in [0.15, 0.2) is 0 Å². The van der Waals surface area contributed by atoms with Crippen molar-refractivity contribution in [2.75, 3.05) is 13.1 Å². The fourth-order valence-corrected chi connectivity index (χ4v) is 5.90. The summed E-state index contributed by atoms with van der Waals surface area (Å²) in [5.74, 6) is 0.462. The molecule has 1 unspecified atom stereocenters. The lowest BCUT2D eigenvalue weighted by atomic mass is 9.79. The van der Waals surface area contributed by atoms with Crippen molar-refractivity contribution in [1.29, 1.82) is 0 Å². The molecule has 1 atom stereocenters. The number of hydrogen-bond donors (Lipinski definition) is 1. The molecule has 1 saturated heterocycles. The van der Waals surface area contributed by atoms with Gasteiger partial charge in [-0.15, -0.1) is 12.4 Å². The van der Waals surface area contributed by atoms with Gasteiger partial charge in [0.25, 0.3) is 10.0 Å². The van der Waals surface area contributed by atoms with E-state index < -0.39 is 14.8 Å². The van der Waals surface area contributed by atoms with Gasteiger partial charge in [-0.05, 0) is 58.2 Å². The van der Waals surface area contributed by atoms with E-state index in [0.29, 0.717) is 17.9 Å². The van der Waals surface area contributed by atoms with Gasteiger partial charge in [0.05, 0.1) is 11.7 Å². The molecule has 1 aromatic carbocycles. The molecule has 1 aromatic heterocycles. The number of rotatable bonds is 3. The summed E-state index contributed by atoms with van der Waals surface area (Å²) in [4.78, 5) is 0. The molecular weight excluding hydrogens is 382 g/mol. The summed E-state index contributed by atoms with van der Waals surface area (Å²) >= 11 is 0. The summed E-state index contributed by atoms with van der Waals surface area (Å²) in [6, 6.07) is 7.45. The molecule has 146 valence electrons. The number of allylic oxidation sites excluding steroid dienone is 3. The molecule has 4 rings (SSSR count). The molecule has 2 heterocycles. The van der Waals surface area contributed by atoms with Gasteiger partial charge in [-0.25, -0.2) is 8.42 Å². The summed E-state index contributed by atoms with van der Waals surface area (Å²) in [7, 11) is -3.68. The summed E-state index contributed by atoms with van der Waals surface area (Å²) in [5, 5.41) is 8.45. The van der Waals surface area contributed by atoms with Crippen LogP contribution in [0.3, 0.4) is 0 Å². The second-order valence-corrected chi connectivity index (χ2v) is 9.77. The Bertz CT molecular complexity index is 1000. The summed E-state index contributed by atoms with van der Waals surface area (Å²) in [6.45, 7) is 5.76. The number of fused-ring (bicyclic) bond motifs is 1. The highest BCUT2D eigenvalue weighted by Crippen LogP contribution is 2.41. The predicted octanol–water partition coefficient (Wildman–Crippen LogP) is 3.67. The van der Waals surface area contributed by atoms with E-state index in [1.807, 2.05) is 44.2 Å². The Balaban J connectivity index is 0.00000210. The quantitative estimate of drug-likeness (QED) is 0.843. The zero-order valence-electron chi connectivity index (χ0n) is 15.7. The van der Waals surface area contributed by atoms with Crippen LogP contribution in [0.15, 0.2) is 53.8 Å². The van der Waals surface area contributed by atoms with Gasteiger partial charge in [0, 0.05) is 5.39 Å². The van der Waals surface area contributed by atoms with E-state index in [2.05, 4.69) is 16.5 Å². The Kier molecular flexibility index (Phi) is 5.52. The second kappa shape index (κ2) is 7.41. The van der Waals surface area contributed by atoms with Crippen molar-refractivity contribution in [3.8, 4) is 0 Å². The molecule has 1 fully saturated rings. The van der Waals surface area contributed by atoms with Crippen LogP contribution in [-0.2, 0) is 10.0 Å². The molecule has 0 spiro atoms.